The first-order valence-corrected chi connectivity index (χ1v) is 13.0. The van der Waals surface area contributed by atoms with E-state index in [-0.39, 0.29) is 0 Å². The van der Waals surface area contributed by atoms with Crippen molar-refractivity contribution in [2.45, 2.75) is 45.4 Å². The van der Waals surface area contributed by atoms with Crippen molar-refractivity contribution in [2.75, 3.05) is 20.2 Å². The van der Waals surface area contributed by atoms with Gasteiger partial charge in [-0.3, -0.25) is 4.90 Å². The number of ether oxygens (including phenoxy) is 2. The fraction of sp³-hybridized carbons (Fsp3) is 0.323. The average Bonchev–Trinajstić information content (AvgIpc) is 3.56. The van der Waals surface area contributed by atoms with Crippen LogP contribution in [0.4, 0.5) is 0 Å². The molecule has 0 N–H and O–H groups in total. The van der Waals surface area contributed by atoms with Gasteiger partial charge in [0.1, 0.15) is 17.6 Å². The highest BCUT2D eigenvalue weighted by Crippen LogP contribution is 2.32. The van der Waals surface area contributed by atoms with Gasteiger partial charge in [0.25, 0.3) is 0 Å². The number of fused-ring (bicyclic) bond motifs is 1. The largest absolute Gasteiger partial charge is 0.546 e. The molecule has 1 fully saturated rings. The summed E-state index contributed by atoms with van der Waals surface area (Å²) in [6, 6.07) is 24.7. The van der Waals surface area contributed by atoms with E-state index >= 15 is 0 Å². The molecular formula is C31H33N2O4-. The molecule has 0 bridgehead atoms. The highest BCUT2D eigenvalue weighted by atomic mass is 16.5. The molecule has 0 saturated carbocycles. The Kier molecular flexibility index (Phi) is 7.47. The standard InChI is InChI=1S/C31H34N2O4/c1-3-29(31(34)35)37-26-14-12-23(13-15-26)28-19-24-8-4-5-9-27(24)33(28)20-22-10-11-25(30(18-22)36-2)21-32-16-6-7-17-32/h4-5,8-15,18-19,29H,3,6-7,16-17,20-21H2,1-2H3,(H,34,35)/p-1. The monoisotopic (exact) mass is 497 g/mol. The number of para-hydroxylation sites is 1. The molecule has 4 aromatic rings. The Labute approximate surface area is 218 Å². The highest BCUT2D eigenvalue weighted by molar-refractivity contribution is 5.87. The van der Waals surface area contributed by atoms with Gasteiger partial charge < -0.3 is 23.9 Å². The summed E-state index contributed by atoms with van der Waals surface area (Å²) in [6.45, 7) is 5.69. The van der Waals surface area contributed by atoms with E-state index in [1.54, 1.807) is 14.0 Å². The first kappa shape index (κ1) is 24.9. The summed E-state index contributed by atoms with van der Waals surface area (Å²) in [7, 11) is 1.75. The lowest BCUT2D eigenvalue weighted by Gasteiger charge is -2.19. The van der Waals surface area contributed by atoms with E-state index in [9.17, 15) is 9.90 Å². The second kappa shape index (κ2) is 11.1. The number of carbonyl (C=O) groups is 1. The number of rotatable bonds is 10. The first-order chi connectivity index (χ1) is 18.1. The molecule has 3 aromatic carbocycles. The molecular weight excluding hydrogens is 464 g/mol. The summed E-state index contributed by atoms with van der Waals surface area (Å²) >= 11 is 0. The number of carboxylic acid groups (broad SMARTS) is 1. The van der Waals surface area contributed by atoms with Crippen molar-refractivity contribution in [3.63, 3.8) is 0 Å². The Bertz CT molecular complexity index is 1370. The summed E-state index contributed by atoms with van der Waals surface area (Å²) in [5.41, 5.74) is 5.66. The molecule has 6 nitrogen and oxygen atoms in total. The number of methoxy groups -OCH3 is 1. The zero-order valence-electron chi connectivity index (χ0n) is 21.5. The minimum Gasteiger partial charge on any atom is -0.546 e. The van der Waals surface area contributed by atoms with Crippen molar-refractivity contribution in [3.8, 4) is 22.8 Å². The van der Waals surface area contributed by atoms with Crippen LogP contribution in [-0.4, -0.2) is 41.7 Å². The van der Waals surface area contributed by atoms with E-state index in [4.69, 9.17) is 9.47 Å². The fourth-order valence-electron chi connectivity index (χ4n) is 5.17. The lowest BCUT2D eigenvalue weighted by Crippen LogP contribution is -2.39. The molecule has 1 unspecified atom stereocenters. The van der Waals surface area contributed by atoms with E-state index in [2.05, 4.69) is 51.9 Å². The highest BCUT2D eigenvalue weighted by Gasteiger charge is 2.16. The molecule has 0 radical (unpaired) electrons. The van der Waals surface area contributed by atoms with Crippen LogP contribution in [0.15, 0.2) is 72.8 Å². The van der Waals surface area contributed by atoms with Crippen LogP contribution < -0.4 is 14.6 Å². The summed E-state index contributed by atoms with van der Waals surface area (Å²) in [5.74, 6) is 0.247. The average molecular weight is 498 g/mol. The zero-order valence-corrected chi connectivity index (χ0v) is 21.5. The van der Waals surface area contributed by atoms with E-state index in [1.807, 2.05) is 30.3 Å². The van der Waals surface area contributed by atoms with Crippen molar-refractivity contribution in [3.05, 3.63) is 83.9 Å². The Hall–Kier alpha value is -3.77. The number of benzene rings is 3. The number of likely N-dealkylation sites (tertiary alicyclic amines) is 1. The maximum atomic E-state index is 11.2. The van der Waals surface area contributed by atoms with Crippen LogP contribution in [0.1, 0.15) is 37.3 Å². The smallest absolute Gasteiger partial charge is 0.138 e. The lowest BCUT2D eigenvalue weighted by molar-refractivity contribution is -0.313. The lowest BCUT2D eigenvalue weighted by atomic mass is 10.1. The molecule has 6 heteroatoms. The Morgan fingerprint density at radius 3 is 2.43 bits per heavy atom. The van der Waals surface area contributed by atoms with E-state index in [0.29, 0.717) is 18.7 Å². The maximum absolute atomic E-state index is 11.2. The Balaban J connectivity index is 1.44. The maximum Gasteiger partial charge on any atom is 0.138 e. The van der Waals surface area contributed by atoms with Crippen LogP contribution in [0.2, 0.25) is 0 Å². The third-order valence-electron chi connectivity index (χ3n) is 7.16. The molecule has 1 saturated heterocycles. The van der Waals surface area contributed by atoms with Crippen molar-refractivity contribution in [1.82, 2.24) is 9.47 Å². The van der Waals surface area contributed by atoms with Crippen LogP contribution in [-0.2, 0) is 17.9 Å². The predicted octanol–water partition coefficient (Wildman–Crippen LogP) is 4.87. The molecule has 0 amide bonds. The predicted molar refractivity (Wildman–Crippen MR) is 144 cm³/mol. The van der Waals surface area contributed by atoms with E-state index in [1.165, 1.54) is 29.4 Å². The summed E-state index contributed by atoms with van der Waals surface area (Å²) in [6.07, 6.45) is 1.93. The minimum atomic E-state index is -1.20. The molecule has 192 valence electrons. The third-order valence-corrected chi connectivity index (χ3v) is 7.16. The summed E-state index contributed by atoms with van der Waals surface area (Å²) in [5, 5.41) is 12.4. The van der Waals surface area contributed by atoms with Crippen LogP contribution >= 0.6 is 0 Å². The molecule has 1 aliphatic rings. The van der Waals surface area contributed by atoms with Gasteiger partial charge in [-0.05, 0) is 85.9 Å². The first-order valence-electron chi connectivity index (χ1n) is 13.0. The van der Waals surface area contributed by atoms with Gasteiger partial charge in [-0.2, -0.15) is 0 Å². The van der Waals surface area contributed by atoms with Crippen LogP contribution in [0.5, 0.6) is 11.5 Å². The number of hydrogen-bond donors (Lipinski definition) is 0. The summed E-state index contributed by atoms with van der Waals surface area (Å²) in [4.78, 5) is 13.7. The third kappa shape index (κ3) is 5.49. The van der Waals surface area contributed by atoms with Crippen molar-refractivity contribution in [1.29, 1.82) is 0 Å². The second-order valence-electron chi connectivity index (χ2n) is 9.66. The molecule has 5 rings (SSSR count). The number of carboxylic acids is 1. The quantitative estimate of drug-likeness (QED) is 0.313. The Morgan fingerprint density at radius 1 is 0.973 bits per heavy atom. The topological polar surface area (TPSA) is 66.8 Å². The number of nitrogens with zero attached hydrogens (tertiary/aromatic N) is 2. The normalized spacial score (nSPS) is 14.6. The molecule has 1 aliphatic heterocycles. The summed E-state index contributed by atoms with van der Waals surface area (Å²) < 4.78 is 13.7. The number of aliphatic carboxylic acids is 1. The molecule has 37 heavy (non-hydrogen) atoms. The second-order valence-corrected chi connectivity index (χ2v) is 9.66. The van der Waals surface area contributed by atoms with Gasteiger partial charge in [-0.25, -0.2) is 0 Å². The molecule has 0 aliphatic carbocycles. The molecule has 1 atom stereocenters. The van der Waals surface area contributed by atoms with Gasteiger partial charge in [0.15, 0.2) is 0 Å². The number of hydrogen-bond acceptors (Lipinski definition) is 5. The van der Waals surface area contributed by atoms with Crippen molar-refractivity contribution < 1.29 is 19.4 Å². The van der Waals surface area contributed by atoms with Crippen LogP contribution in [0, 0.1) is 0 Å². The van der Waals surface area contributed by atoms with Crippen LogP contribution in [0.25, 0.3) is 22.2 Å². The fourth-order valence-corrected chi connectivity index (χ4v) is 5.17. The zero-order chi connectivity index (χ0) is 25.8. The van der Waals surface area contributed by atoms with Gasteiger partial charge in [-0.1, -0.05) is 37.3 Å². The van der Waals surface area contributed by atoms with Crippen molar-refractivity contribution in [2.24, 2.45) is 0 Å². The number of carbonyl (C=O) groups excluding carboxylic acids is 1. The SMILES string of the molecule is CCC(Oc1ccc(-c2cc3ccccc3n2Cc2ccc(CN3CCCC3)c(OC)c2)cc1)C(=O)[O-]. The van der Waals surface area contributed by atoms with Crippen molar-refractivity contribution >= 4 is 16.9 Å². The molecule has 1 aromatic heterocycles. The Morgan fingerprint density at radius 2 is 1.73 bits per heavy atom. The number of aromatic nitrogens is 1. The van der Waals surface area contributed by atoms with Gasteiger partial charge in [0, 0.05) is 35.2 Å². The van der Waals surface area contributed by atoms with Crippen LogP contribution in [0.3, 0.4) is 0 Å². The van der Waals surface area contributed by atoms with Gasteiger partial charge in [0.05, 0.1) is 13.1 Å². The molecule has 2 heterocycles. The van der Waals surface area contributed by atoms with Gasteiger partial charge in [0.2, 0.25) is 0 Å². The van der Waals surface area contributed by atoms with E-state index in [0.717, 1.165) is 42.2 Å². The molecule has 0 spiro atoms. The van der Waals surface area contributed by atoms with Gasteiger partial charge >= 0.3 is 0 Å². The van der Waals surface area contributed by atoms with E-state index < -0.39 is 12.1 Å². The minimum absolute atomic E-state index is 0.346. The van der Waals surface area contributed by atoms with Gasteiger partial charge in [-0.15, -0.1) is 0 Å².